The Labute approximate surface area is 197 Å². The van der Waals surface area contributed by atoms with Crippen LogP contribution in [0.1, 0.15) is 18.4 Å². The lowest BCUT2D eigenvalue weighted by molar-refractivity contribution is -0.127. The van der Waals surface area contributed by atoms with Crippen molar-refractivity contribution in [3.63, 3.8) is 0 Å². The molecule has 0 saturated carbocycles. The molecule has 0 radical (unpaired) electrons. The van der Waals surface area contributed by atoms with Crippen LogP contribution in [0.4, 0.5) is 5.82 Å². The summed E-state index contributed by atoms with van der Waals surface area (Å²) < 4.78 is 8.49. The van der Waals surface area contributed by atoms with Crippen molar-refractivity contribution in [1.82, 2.24) is 24.4 Å². The fourth-order valence-corrected chi connectivity index (χ4v) is 4.57. The number of carbonyl (C=O) groups excluding carboxylic acids is 1. The molecule has 5 rings (SSSR count). The van der Waals surface area contributed by atoms with E-state index in [4.69, 9.17) is 9.72 Å². The van der Waals surface area contributed by atoms with Crippen LogP contribution < -0.4 is 4.90 Å². The lowest BCUT2D eigenvalue weighted by atomic mass is 9.93. The smallest absolute Gasteiger partial charge is 0.161 e. The first-order chi connectivity index (χ1) is 16.6. The van der Waals surface area contributed by atoms with E-state index in [0.29, 0.717) is 5.56 Å². The molecule has 0 amide bonds. The number of nitrogens with zero attached hydrogens (tertiary/aromatic N) is 7. The molecule has 1 aliphatic rings. The van der Waals surface area contributed by atoms with E-state index in [0.717, 1.165) is 59.5 Å². The molecule has 0 atom stereocenters. The van der Waals surface area contributed by atoms with Gasteiger partial charge in [-0.05, 0) is 31.0 Å². The van der Waals surface area contributed by atoms with Crippen LogP contribution in [0, 0.1) is 17.2 Å². The Morgan fingerprint density at radius 1 is 1.12 bits per heavy atom. The number of carbonyl (C=O) groups is 1. The number of aryl methyl sites for hydroxylation is 1. The zero-order valence-corrected chi connectivity index (χ0v) is 19.2. The molecular weight excluding hydrogens is 430 g/mol. The Morgan fingerprint density at radius 3 is 2.59 bits per heavy atom. The molecule has 1 fully saturated rings. The summed E-state index contributed by atoms with van der Waals surface area (Å²) in [5.74, 6) is 1.12. The topological polar surface area (TPSA) is 101 Å². The summed E-state index contributed by atoms with van der Waals surface area (Å²) in [6.07, 6.45) is 10.7. The molecule has 4 aromatic heterocycles. The fraction of sp³-hybridized carbons (Fsp3) is 0.320. The molecule has 0 aromatic carbocycles. The van der Waals surface area contributed by atoms with E-state index in [9.17, 15) is 10.1 Å². The Bertz CT molecular complexity index is 1370. The molecule has 0 bridgehead atoms. The largest absolute Gasteiger partial charge is 0.377 e. The molecule has 0 spiro atoms. The number of pyridine rings is 2. The van der Waals surface area contributed by atoms with E-state index >= 15 is 0 Å². The average molecular weight is 456 g/mol. The number of nitriles is 1. The van der Waals surface area contributed by atoms with Gasteiger partial charge in [0.15, 0.2) is 5.78 Å². The van der Waals surface area contributed by atoms with Gasteiger partial charge in [0.05, 0.1) is 23.5 Å². The van der Waals surface area contributed by atoms with E-state index in [1.54, 1.807) is 22.5 Å². The number of rotatable bonds is 6. The first kappa shape index (κ1) is 21.8. The number of piperidine rings is 1. The minimum absolute atomic E-state index is 0.0604. The maximum absolute atomic E-state index is 12.1. The SMILES string of the molecule is COCC(=O)C1CCN(c2ccc(-c3cc(-c4cnn(C)c4)cn4ncc(C#N)c34)cn2)CC1. The van der Waals surface area contributed by atoms with Gasteiger partial charge in [-0.15, -0.1) is 0 Å². The van der Waals surface area contributed by atoms with Crippen LogP contribution in [-0.2, 0) is 16.6 Å². The third-order valence-electron chi connectivity index (χ3n) is 6.39. The lowest BCUT2D eigenvalue weighted by Crippen LogP contribution is -2.37. The van der Waals surface area contributed by atoms with E-state index in [2.05, 4.69) is 27.2 Å². The number of ketones is 1. The van der Waals surface area contributed by atoms with Gasteiger partial charge in [-0.2, -0.15) is 15.5 Å². The van der Waals surface area contributed by atoms with Crippen LogP contribution in [0.25, 0.3) is 27.8 Å². The summed E-state index contributed by atoms with van der Waals surface area (Å²) in [6.45, 7) is 1.76. The van der Waals surface area contributed by atoms with Crippen molar-refractivity contribution in [3.05, 3.63) is 54.7 Å². The molecule has 5 heterocycles. The fourth-order valence-electron chi connectivity index (χ4n) is 4.57. The normalized spacial score (nSPS) is 14.4. The summed E-state index contributed by atoms with van der Waals surface area (Å²) in [4.78, 5) is 19.1. The standard InChI is InChI=1S/C25H25N7O2/c1-30-14-21(13-28-30)19-9-22(25-20(10-26)12-29-32(25)15-19)18-3-4-24(27-11-18)31-7-5-17(6-8-31)23(33)16-34-2/h3-4,9,11-15,17H,5-8,16H2,1-2H3. The molecule has 0 N–H and O–H groups in total. The van der Waals surface area contributed by atoms with Gasteiger partial charge in [-0.1, -0.05) is 0 Å². The highest BCUT2D eigenvalue weighted by molar-refractivity contribution is 5.87. The molecular formula is C25H25N7O2. The van der Waals surface area contributed by atoms with Crippen molar-refractivity contribution >= 4 is 17.1 Å². The van der Waals surface area contributed by atoms with Gasteiger partial charge in [0.2, 0.25) is 0 Å². The summed E-state index contributed by atoms with van der Waals surface area (Å²) in [5.41, 5.74) is 4.98. The molecule has 9 heteroatoms. The molecule has 34 heavy (non-hydrogen) atoms. The van der Waals surface area contributed by atoms with E-state index in [1.807, 2.05) is 44.0 Å². The molecule has 1 saturated heterocycles. The highest BCUT2D eigenvalue weighted by Crippen LogP contribution is 2.32. The van der Waals surface area contributed by atoms with Crippen LogP contribution in [0.5, 0.6) is 0 Å². The number of hydrogen-bond acceptors (Lipinski definition) is 7. The average Bonchev–Trinajstić information content (AvgIpc) is 3.50. The van der Waals surface area contributed by atoms with Gasteiger partial charge >= 0.3 is 0 Å². The van der Waals surface area contributed by atoms with Crippen molar-refractivity contribution in [2.75, 3.05) is 31.7 Å². The highest BCUT2D eigenvalue weighted by Gasteiger charge is 2.25. The second-order valence-electron chi connectivity index (χ2n) is 8.57. The first-order valence-electron chi connectivity index (χ1n) is 11.2. The third-order valence-corrected chi connectivity index (χ3v) is 6.39. The first-order valence-corrected chi connectivity index (χ1v) is 11.2. The number of fused-ring (bicyclic) bond motifs is 1. The van der Waals surface area contributed by atoms with Gasteiger partial charge in [-0.3, -0.25) is 9.48 Å². The van der Waals surface area contributed by atoms with Crippen molar-refractivity contribution in [1.29, 1.82) is 5.26 Å². The molecule has 172 valence electrons. The summed E-state index contributed by atoms with van der Waals surface area (Å²) >= 11 is 0. The Balaban J connectivity index is 1.44. The molecule has 9 nitrogen and oxygen atoms in total. The van der Waals surface area contributed by atoms with Crippen LogP contribution in [0.3, 0.4) is 0 Å². The predicted octanol–water partition coefficient (Wildman–Crippen LogP) is 3.10. The van der Waals surface area contributed by atoms with Crippen LogP contribution in [0.15, 0.2) is 49.2 Å². The number of aromatic nitrogens is 5. The second kappa shape index (κ2) is 9.08. The number of methoxy groups -OCH3 is 1. The van der Waals surface area contributed by atoms with Gasteiger partial charge in [0.1, 0.15) is 18.5 Å². The quantitative estimate of drug-likeness (QED) is 0.440. The van der Waals surface area contributed by atoms with Crippen LogP contribution in [0.2, 0.25) is 0 Å². The number of hydrogen-bond donors (Lipinski definition) is 0. The van der Waals surface area contributed by atoms with E-state index in [1.165, 1.54) is 0 Å². The molecule has 0 unspecified atom stereocenters. The third kappa shape index (κ3) is 4.04. The molecule has 4 aromatic rings. The van der Waals surface area contributed by atoms with Crippen molar-refractivity contribution in [3.8, 4) is 28.3 Å². The van der Waals surface area contributed by atoms with Crippen molar-refractivity contribution in [2.45, 2.75) is 12.8 Å². The van der Waals surface area contributed by atoms with Crippen LogP contribution in [-0.4, -0.2) is 57.0 Å². The number of ether oxygens (including phenoxy) is 1. The van der Waals surface area contributed by atoms with Gasteiger partial charge in [-0.25, -0.2) is 9.50 Å². The Morgan fingerprint density at radius 2 is 1.94 bits per heavy atom. The number of Topliss-reactive ketones (excluding diaryl/α,β-unsaturated/α-hetero) is 1. The maximum atomic E-state index is 12.1. The monoisotopic (exact) mass is 455 g/mol. The maximum Gasteiger partial charge on any atom is 0.161 e. The zero-order chi connectivity index (χ0) is 23.7. The van der Waals surface area contributed by atoms with Crippen molar-refractivity contribution in [2.24, 2.45) is 13.0 Å². The minimum Gasteiger partial charge on any atom is -0.377 e. The lowest BCUT2D eigenvalue weighted by Gasteiger charge is -2.32. The van der Waals surface area contributed by atoms with Gasteiger partial charge < -0.3 is 9.64 Å². The predicted molar refractivity (Wildman–Crippen MR) is 127 cm³/mol. The Kier molecular flexibility index (Phi) is 5.82. The Hall–Kier alpha value is -4.03. The highest BCUT2D eigenvalue weighted by atomic mass is 16.5. The second-order valence-corrected chi connectivity index (χ2v) is 8.57. The summed E-state index contributed by atoms with van der Waals surface area (Å²) in [6, 6.07) is 8.33. The van der Waals surface area contributed by atoms with Gasteiger partial charge in [0.25, 0.3) is 0 Å². The molecule has 1 aliphatic heterocycles. The van der Waals surface area contributed by atoms with Crippen molar-refractivity contribution < 1.29 is 9.53 Å². The van der Waals surface area contributed by atoms with Gasteiger partial charge in [0, 0.05) is 74.0 Å². The minimum atomic E-state index is 0.0604. The van der Waals surface area contributed by atoms with E-state index in [-0.39, 0.29) is 18.3 Å². The zero-order valence-electron chi connectivity index (χ0n) is 19.2. The van der Waals surface area contributed by atoms with Crippen LogP contribution >= 0.6 is 0 Å². The summed E-state index contributed by atoms with van der Waals surface area (Å²) in [7, 11) is 3.44. The number of anilines is 1. The summed E-state index contributed by atoms with van der Waals surface area (Å²) in [5, 5.41) is 18.3. The molecule has 0 aliphatic carbocycles. The van der Waals surface area contributed by atoms with E-state index < -0.39 is 0 Å².